The van der Waals surface area contributed by atoms with E-state index in [1.807, 2.05) is 13.8 Å². The molecule has 2 N–H and O–H groups in total. The predicted molar refractivity (Wildman–Crippen MR) is 94.5 cm³/mol. The number of nitrogens with one attached hydrogen (secondary N) is 2. The van der Waals surface area contributed by atoms with Crippen molar-refractivity contribution in [1.29, 1.82) is 0 Å². The van der Waals surface area contributed by atoms with Crippen LogP contribution in [0.1, 0.15) is 37.9 Å². The fraction of sp³-hybridized carbons (Fsp3) is 0.467. The molecule has 0 fully saturated rings. The highest BCUT2D eigenvalue weighted by Gasteiger charge is 2.20. The molecule has 0 saturated carbocycles. The molecule has 11 heteroatoms. The van der Waals surface area contributed by atoms with Crippen molar-refractivity contribution in [1.82, 2.24) is 14.9 Å². The number of nitrogens with zero attached hydrogens (tertiary/aromatic N) is 3. The van der Waals surface area contributed by atoms with Crippen LogP contribution in [0, 0.1) is 10.1 Å². The number of hydrogen-bond donors (Lipinski definition) is 2. The molecule has 0 aliphatic rings. The van der Waals surface area contributed by atoms with E-state index in [1.54, 1.807) is 0 Å². The van der Waals surface area contributed by atoms with E-state index < -0.39 is 14.9 Å². The van der Waals surface area contributed by atoms with Gasteiger partial charge in [0.1, 0.15) is 5.69 Å². The van der Waals surface area contributed by atoms with Gasteiger partial charge in [0.15, 0.2) is 5.82 Å². The summed E-state index contributed by atoms with van der Waals surface area (Å²) in [5, 5.41) is 18.0. The number of aryl methyl sites for hydroxylation is 1. The smallest absolute Gasteiger partial charge is 0.293 e. The molecule has 0 spiro atoms. The van der Waals surface area contributed by atoms with E-state index in [4.69, 9.17) is 4.52 Å². The second kappa shape index (κ2) is 8.23. The predicted octanol–water partition coefficient (Wildman–Crippen LogP) is 2.05. The number of benzene rings is 1. The number of sulfonamides is 1. The lowest BCUT2D eigenvalue weighted by atomic mass is 10.2. The molecule has 26 heavy (non-hydrogen) atoms. The maximum Gasteiger partial charge on any atom is 0.293 e. The molecule has 1 aromatic heterocycles. The zero-order valence-corrected chi connectivity index (χ0v) is 15.5. The monoisotopic (exact) mass is 383 g/mol. The van der Waals surface area contributed by atoms with E-state index in [9.17, 15) is 18.5 Å². The van der Waals surface area contributed by atoms with Crippen LogP contribution in [0.25, 0.3) is 0 Å². The minimum absolute atomic E-state index is 0.163. The molecule has 0 amide bonds. The Morgan fingerprint density at radius 3 is 2.65 bits per heavy atom. The fourth-order valence-corrected chi connectivity index (χ4v) is 2.91. The molecular weight excluding hydrogens is 362 g/mol. The second-order valence-electron chi connectivity index (χ2n) is 5.87. The maximum absolute atomic E-state index is 11.8. The van der Waals surface area contributed by atoms with Gasteiger partial charge in [0, 0.05) is 24.9 Å². The number of hydrogen-bond acceptors (Lipinski definition) is 8. The minimum atomic E-state index is -3.75. The summed E-state index contributed by atoms with van der Waals surface area (Å²) >= 11 is 0. The highest BCUT2D eigenvalue weighted by atomic mass is 32.2. The van der Waals surface area contributed by atoms with E-state index in [0.717, 1.165) is 6.07 Å². The van der Waals surface area contributed by atoms with Crippen LogP contribution in [-0.2, 0) is 16.4 Å². The van der Waals surface area contributed by atoms with Crippen LogP contribution in [0.5, 0.6) is 0 Å². The molecular formula is C15H21N5O5S. The Labute approximate surface area is 151 Å². The quantitative estimate of drug-likeness (QED) is 0.381. The third kappa shape index (κ3) is 4.76. The average molecular weight is 383 g/mol. The largest absolute Gasteiger partial charge is 0.379 e. The standard InChI is InChI=1S/C15H21N5O5S/c1-10(2)15-18-14(25-19-15)5-4-8-17-12-7-6-11(26(23,24)16-3)9-13(12)20(21)22/h6-7,9-10,16-17H,4-5,8H2,1-3H3. The number of rotatable bonds is 9. The lowest BCUT2D eigenvalue weighted by Crippen LogP contribution is -2.18. The topological polar surface area (TPSA) is 140 Å². The SMILES string of the molecule is CNS(=O)(=O)c1ccc(NCCCc2nc(C(C)C)no2)c([N+](=O)[O-])c1. The molecule has 2 aromatic rings. The average Bonchev–Trinajstić information content (AvgIpc) is 3.07. The van der Waals surface area contributed by atoms with Gasteiger partial charge in [0.05, 0.1) is 9.82 Å². The zero-order chi connectivity index (χ0) is 19.3. The van der Waals surface area contributed by atoms with E-state index in [2.05, 4.69) is 20.2 Å². The Morgan fingerprint density at radius 2 is 2.08 bits per heavy atom. The second-order valence-corrected chi connectivity index (χ2v) is 7.76. The Kier molecular flexibility index (Phi) is 6.27. The maximum atomic E-state index is 11.8. The number of aromatic nitrogens is 2. The molecule has 10 nitrogen and oxygen atoms in total. The van der Waals surface area contributed by atoms with E-state index in [0.29, 0.717) is 31.1 Å². The Hall–Kier alpha value is -2.53. The summed E-state index contributed by atoms with van der Waals surface area (Å²) in [6.45, 7) is 4.36. The van der Waals surface area contributed by atoms with Crippen LogP contribution in [-0.4, -0.2) is 37.1 Å². The molecule has 0 aliphatic carbocycles. The fourth-order valence-electron chi connectivity index (χ4n) is 2.16. The Balaban J connectivity index is 2.01. The summed E-state index contributed by atoms with van der Waals surface area (Å²) in [7, 11) is -2.50. The van der Waals surface area contributed by atoms with Crippen LogP contribution in [0.15, 0.2) is 27.6 Å². The van der Waals surface area contributed by atoms with Gasteiger partial charge in [-0.3, -0.25) is 10.1 Å². The van der Waals surface area contributed by atoms with Crippen molar-refractivity contribution in [3.05, 3.63) is 40.0 Å². The molecule has 0 atom stereocenters. The van der Waals surface area contributed by atoms with Crippen molar-refractivity contribution in [2.75, 3.05) is 18.9 Å². The van der Waals surface area contributed by atoms with Crippen LogP contribution in [0.3, 0.4) is 0 Å². The van der Waals surface area contributed by atoms with Gasteiger partial charge in [-0.15, -0.1) is 0 Å². The molecule has 0 saturated heterocycles. The third-order valence-corrected chi connectivity index (χ3v) is 5.04. The molecule has 2 rings (SSSR count). The van der Waals surface area contributed by atoms with Crippen LogP contribution in [0.2, 0.25) is 0 Å². The first-order valence-corrected chi connectivity index (χ1v) is 9.51. The molecule has 142 valence electrons. The first-order valence-electron chi connectivity index (χ1n) is 8.03. The minimum Gasteiger partial charge on any atom is -0.379 e. The van der Waals surface area contributed by atoms with E-state index in [1.165, 1.54) is 19.2 Å². The van der Waals surface area contributed by atoms with Gasteiger partial charge in [-0.25, -0.2) is 13.1 Å². The summed E-state index contributed by atoms with van der Waals surface area (Å²) in [6.07, 6.45) is 1.15. The van der Waals surface area contributed by atoms with Gasteiger partial charge in [-0.05, 0) is 25.6 Å². The van der Waals surface area contributed by atoms with Crippen molar-refractivity contribution in [2.24, 2.45) is 0 Å². The first-order chi connectivity index (χ1) is 12.2. The first kappa shape index (κ1) is 19.8. The molecule has 1 heterocycles. The molecule has 1 aromatic carbocycles. The number of nitro groups is 1. The molecule has 0 aliphatic heterocycles. The Bertz CT molecular complexity index is 878. The molecule has 0 unspecified atom stereocenters. The van der Waals surface area contributed by atoms with Gasteiger partial charge < -0.3 is 9.84 Å². The van der Waals surface area contributed by atoms with Crippen LogP contribution < -0.4 is 10.0 Å². The lowest BCUT2D eigenvalue weighted by Gasteiger charge is -2.08. The van der Waals surface area contributed by atoms with E-state index in [-0.39, 0.29) is 22.2 Å². The summed E-state index contributed by atoms with van der Waals surface area (Å²) in [5.74, 6) is 1.34. The van der Waals surface area contributed by atoms with Crippen molar-refractivity contribution in [3.63, 3.8) is 0 Å². The number of anilines is 1. The molecule has 0 bridgehead atoms. The summed E-state index contributed by atoms with van der Waals surface area (Å²) in [5.41, 5.74) is -0.0559. The normalized spacial score (nSPS) is 11.7. The third-order valence-electron chi connectivity index (χ3n) is 3.63. The highest BCUT2D eigenvalue weighted by molar-refractivity contribution is 7.89. The highest BCUT2D eigenvalue weighted by Crippen LogP contribution is 2.27. The van der Waals surface area contributed by atoms with Gasteiger partial charge in [0.2, 0.25) is 15.9 Å². The summed E-state index contributed by atoms with van der Waals surface area (Å²) < 4.78 is 30.8. The van der Waals surface area contributed by atoms with E-state index >= 15 is 0 Å². The Morgan fingerprint density at radius 1 is 1.35 bits per heavy atom. The van der Waals surface area contributed by atoms with Gasteiger partial charge >= 0.3 is 0 Å². The van der Waals surface area contributed by atoms with Gasteiger partial charge in [-0.2, -0.15) is 4.98 Å². The lowest BCUT2D eigenvalue weighted by molar-refractivity contribution is -0.384. The summed E-state index contributed by atoms with van der Waals surface area (Å²) in [6, 6.07) is 3.72. The van der Waals surface area contributed by atoms with Gasteiger partial charge in [-0.1, -0.05) is 19.0 Å². The summed E-state index contributed by atoms with van der Waals surface area (Å²) in [4.78, 5) is 14.7. The zero-order valence-electron chi connectivity index (χ0n) is 14.7. The van der Waals surface area contributed by atoms with Crippen molar-refractivity contribution < 1.29 is 17.9 Å². The van der Waals surface area contributed by atoms with Crippen molar-refractivity contribution >= 4 is 21.4 Å². The van der Waals surface area contributed by atoms with Crippen molar-refractivity contribution in [3.8, 4) is 0 Å². The molecule has 0 radical (unpaired) electrons. The van der Waals surface area contributed by atoms with Gasteiger partial charge in [0.25, 0.3) is 5.69 Å². The van der Waals surface area contributed by atoms with Crippen LogP contribution >= 0.6 is 0 Å². The number of nitro benzene ring substituents is 1. The van der Waals surface area contributed by atoms with Crippen molar-refractivity contribution in [2.45, 2.75) is 37.5 Å². The van der Waals surface area contributed by atoms with Crippen LogP contribution in [0.4, 0.5) is 11.4 Å².